The highest BCUT2D eigenvalue weighted by Gasteiger charge is 2.50. The first-order valence-corrected chi connectivity index (χ1v) is 7.79. The number of hydrogen-bond acceptors (Lipinski definition) is 4. The number of hydrogen-bond donors (Lipinski definition) is 2. The fourth-order valence-electron chi connectivity index (χ4n) is 3.01. The zero-order chi connectivity index (χ0) is 16.4. The number of halogens is 1. The summed E-state index contributed by atoms with van der Waals surface area (Å²) in [5.41, 5.74) is 5.60. The van der Waals surface area contributed by atoms with Gasteiger partial charge in [-0.25, -0.2) is 0 Å². The minimum atomic E-state index is -1.05. The molecule has 1 aliphatic heterocycles. The van der Waals surface area contributed by atoms with E-state index >= 15 is 0 Å². The van der Waals surface area contributed by atoms with E-state index in [1.807, 2.05) is 23.1 Å². The molecule has 0 radical (unpaired) electrons. The predicted octanol–water partition coefficient (Wildman–Crippen LogP) is 1.81. The van der Waals surface area contributed by atoms with E-state index in [9.17, 15) is 9.90 Å². The van der Waals surface area contributed by atoms with Gasteiger partial charge in [0.1, 0.15) is 5.54 Å². The summed E-state index contributed by atoms with van der Waals surface area (Å²) < 4.78 is 0. The molecule has 5 nitrogen and oxygen atoms in total. The van der Waals surface area contributed by atoms with Crippen LogP contribution in [0.1, 0.15) is 26.3 Å². The standard InChI is InChI=1S/C17H27N3O2.ClH/c1-16(2,18)17(3,15(21)22)20-11-9-19(10-12-20)13-14-7-5-4-6-8-14;/h4-8H,9-13,18H2,1-3H3,(H,21,22);1H/t17-;/m1./s1. The second kappa shape index (κ2) is 7.62. The summed E-state index contributed by atoms with van der Waals surface area (Å²) in [6.07, 6.45) is 0. The Balaban J connectivity index is 0.00000264. The summed E-state index contributed by atoms with van der Waals surface area (Å²) in [4.78, 5) is 16.2. The quantitative estimate of drug-likeness (QED) is 0.854. The fraction of sp³-hybridized carbons (Fsp3) is 0.588. The highest BCUT2D eigenvalue weighted by atomic mass is 35.5. The molecule has 1 heterocycles. The van der Waals surface area contributed by atoms with Crippen LogP contribution in [0.15, 0.2) is 30.3 Å². The average molecular weight is 342 g/mol. The molecule has 1 saturated heterocycles. The highest BCUT2D eigenvalue weighted by molar-refractivity contribution is 5.85. The molecule has 2 rings (SSSR count). The summed E-state index contributed by atoms with van der Waals surface area (Å²) in [6, 6.07) is 10.4. The summed E-state index contributed by atoms with van der Waals surface area (Å²) in [5.74, 6) is -0.850. The van der Waals surface area contributed by atoms with Crippen molar-refractivity contribution in [3.63, 3.8) is 0 Å². The lowest BCUT2D eigenvalue weighted by Crippen LogP contribution is -2.71. The Bertz CT molecular complexity index is 510. The molecule has 0 bridgehead atoms. The Morgan fingerprint density at radius 1 is 1.13 bits per heavy atom. The number of carboxylic acid groups (broad SMARTS) is 1. The van der Waals surface area contributed by atoms with Gasteiger partial charge in [-0.1, -0.05) is 30.3 Å². The maximum Gasteiger partial charge on any atom is 0.325 e. The summed E-state index contributed by atoms with van der Waals surface area (Å²) in [7, 11) is 0. The molecule has 1 aromatic carbocycles. The molecule has 1 aliphatic rings. The van der Waals surface area contributed by atoms with Crippen molar-refractivity contribution in [3.05, 3.63) is 35.9 Å². The van der Waals surface area contributed by atoms with Gasteiger partial charge in [0.2, 0.25) is 0 Å². The number of carbonyl (C=O) groups is 1. The topological polar surface area (TPSA) is 69.8 Å². The van der Waals surface area contributed by atoms with E-state index in [1.165, 1.54) is 5.56 Å². The molecule has 3 N–H and O–H groups in total. The van der Waals surface area contributed by atoms with Gasteiger partial charge < -0.3 is 10.8 Å². The minimum absolute atomic E-state index is 0. The molecule has 130 valence electrons. The van der Waals surface area contributed by atoms with Crippen LogP contribution in [-0.4, -0.2) is 58.1 Å². The van der Waals surface area contributed by atoms with E-state index in [2.05, 4.69) is 17.0 Å². The van der Waals surface area contributed by atoms with Crippen LogP contribution in [-0.2, 0) is 11.3 Å². The molecule has 1 atom stereocenters. The number of rotatable bonds is 5. The van der Waals surface area contributed by atoms with Gasteiger partial charge in [0.15, 0.2) is 0 Å². The van der Waals surface area contributed by atoms with Gasteiger partial charge >= 0.3 is 5.97 Å². The summed E-state index contributed by atoms with van der Waals surface area (Å²) in [5, 5.41) is 9.69. The van der Waals surface area contributed by atoms with Gasteiger partial charge in [0, 0.05) is 38.3 Å². The SMILES string of the molecule is CC(C)(N)[C@@](C)(C(=O)O)N1CCN(Cc2ccccc2)CC1.Cl. The molecular weight excluding hydrogens is 314 g/mol. The van der Waals surface area contributed by atoms with Gasteiger partial charge in [-0.2, -0.15) is 0 Å². The number of piperazine rings is 1. The van der Waals surface area contributed by atoms with E-state index in [1.54, 1.807) is 20.8 Å². The molecule has 0 unspecified atom stereocenters. The predicted molar refractivity (Wildman–Crippen MR) is 94.8 cm³/mol. The van der Waals surface area contributed by atoms with Crippen LogP contribution in [0.3, 0.4) is 0 Å². The molecule has 0 amide bonds. The van der Waals surface area contributed by atoms with Gasteiger partial charge in [0.25, 0.3) is 0 Å². The van der Waals surface area contributed by atoms with E-state index in [4.69, 9.17) is 5.73 Å². The van der Waals surface area contributed by atoms with Gasteiger partial charge in [-0.05, 0) is 26.3 Å². The van der Waals surface area contributed by atoms with Crippen LogP contribution in [0, 0.1) is 0 Å². The van der Waals surface area contributed by atoms with Crippen LogP contribution in [0.2, 0.25) is 0 Å². The summed E-state index contributed by atoms with van der Waals surface area (Å²) >= 11 is 0. The van der Waals surface area contributed by atoms with Crippen molar-refractivity contribution >= 4 is 18.4 Å². The first kappa shape index (κ1) is 19.9. The molecule has 0 aliphatic carbocycles. The van der Waals surface area contributed by atoms with Gasteiger partial charge in [-0.15, -0.1) is 12.4 Å². The summed E-state index contributed by atoms with van der Waals surface area (Å²) in [6.45, 7) is 9.37. The third-order valence-electron chi connectivity index (χ3n) is 4.92. The molecular formula is C17H28ClN3O2. The maximum atomic E-state index is 11.8. The van der Waals surface area contributed by atoms with Crippen LogP contribution in [0.4, 0.5) is 0 Å². The monoisotopic (exact) mass is 341 g/mol. The lowest BCUT2D eigenvalue weighted by molar-refractivity contribution is -0.156. The first-order valence-electron chi connectivity index (χ1n) is 7.79. The first-order chi connectivity index (χ1) is 10.2. The van der Waals surface area contributed by atoms with Gasteiger partial charge in [0.05, 0.1) is 0 Å². The van der Waals surface area contributed by atoms with Crippen molar-refractivity contribution in [3.8, 4) is 0 Å². The van der Waals surface area contributed by atoms with Crippen molar-refractivity contribution in [1.29, 1.82) is 0 Å². The number of nitrogens with two attached hydrogens (primary N) is 1. The Labute approximate surface area is 144 Å². The van der Waals surface area contributed by atoms with E-state index in [0.717, 1.165) is 32.7 Å². The smallest absolute Gasteiger partial charge is 0.325 e. The highest BCUT2D eigenvalue weighted by Crippen LogP contribution is 2.28. The van der Waals surface area contributed by atoms with Crippen LogP contribution >= 0.6 is 12.4 Å². The van der Waals surface area contributed by atoms with E-state index < -0.39 is 17.0 Å². The number of nitrogens with zero attached hydrogens (tertiary/aromatic N) is 2. The maximum absolute atomic E-state index is 11.8. The second-order valence-corrected chi connectivity index (χ2v) is 6.85. The molecule has 0 aromatic heterocycles. The Hall–Kier alpha value is -1.14. The molecule has 1 fully saturated rings. The number of carboxylic acids is 1. The lowest BCUT2D eigenvalue weighted by Gasteiger charge is -2.49. The van der Waals surface area contributed by atoms with Crippen LogP contribution < -0.4 is 5.73 Å². The van der Waals surface area contributed by atoms with E-state index in [0.29, 0.717) is 0 Å². The van der Waals surface area contributed by atoms with Crippen molar-refractivity contribution in [2.75, 3.05) is 26.2 Å². The van der Waals surface area contributed by atoms with Crippen LogP contribution in [0.25, 0.3) is 0 Å². The zero-order valence-corrected chi connectivity index (χ0v) is 15.0. The average Bonchev–Trinajstić information content (AvgIpc) is 2.47. The normalized spacial score (nSPS) is 19.7. The molecule has 0 spiro atoms. The zero-order valence-electron chi connectivity index (χ0n) is 14.2. The molecule has 6 heteroatoms. The Morgan fingerprint density at radius 3 is 2.09 bits per heavy atom. The number of aliphatic carboxylic acids is 1. The fourth-order valence-corrected chi connectivity index (χ4v) is 3.01. The Kier molecular flexibility index (Phi) is 6.59. The largest absolute Gasteiger partial charge is 0.480 e. The van der Waals surface area contributed by atoms with Crippen molar-refractivity contribution in [2.45, 2.75) is 38.4 Å². The second-order valence-electron chi connectivity index (χ2n) is 6.85. The minimum Gasteiger partial charge on any atom is -0.480 e. The van der Waals surface area contributed by atoms with E-state index in [-0.39, 0.29) is 12.4 Å². The molecule has 23 heavy (non-hydrogen) atoms. The third kappa shape index (κ3) is 4.23. The molecule has 1 aromatic rings. The lowest BCUT2D eigenvalue weighted by atomic mass is 9.79. The van der Waals surface area contributed by atoms with Crippen molar-refractivity contribution in [1.82, 2.24) is 9.80 Å². The number of benzene rings is 1. The van der Waals surface area contributed by atoms with Gasteiger partial charge in [-0.3, -0.25) is 14.6 Å². The Morgan fingerprint density at radius 2 is 1.65 bits per heavy atom. The third-order valence-corrected chi connectivity index (χ3v) is 4.92. The van der Waals surface area contributed by atoms with Crippen LogP contribution in [0.5, 0.6) is 0 Å². The van der Waals surface area contributed by atoms with Crippen molar-refractivity contribution < 1.29 is 9.90 Å². The molecule has 0 saturated carbocycles. The van der Waals surface area contributed by atoms with Crippen molar-refractivity contribution in [2.24, 2.45) is 5.73 Å².